The zero-order valence-corrected chi connectivity index (χ0v) is 22.3. The Morgan fingerprint density at radius 3 is 2.21 bits per heavy atom. The first-order valence-electron chi connectivity index (χ1n) is 13.7. The van der Waals surface area contributed by atoms with Gasteiger partial charge in [-0.1, -0.05) is 59.3 Å². The van der Waals surface area contributed by atoms with E-state index in [2.05, 4.69) is 53.7 Å². The zero-order valence-electron chi connectivity index (χ0n) is 22.3. The molecule has 4 heteroatoms. The lowest BCUT2D eigenvalue weighted by Crippen LogP contribution is -2.65. The molecule has 0 aromatic carbocycles. The van der Waals surface area contributed by atoms with Crippen molar-refractivity contribution in [3.05, 3.63) is 23.3 Å². The molecule has 0 radical (unpaired) electrons. The van der Waals surface area contributed by atoms with Gasteiger partial charge in [-0.05, 0) is 85.0 Å². The normalized spacial score (nSPS) is 54.1. The second kappa shape index (κ2) is 7.43. The van der Waals surface area contributed by atoms with E-state index in [0.29, 0.717) is 12.3 Å². The second-order valence-corrected chi connectivity index (χ2v) is 14.7. The molecule has 0 aliphatic heterocycles. The van der Waals surface area contributed by atoms with Gasteiger partial charge in [-0.15, -0.1) is 0 Å². The molecule has 0 bridgehead atoms. The van der Waals surface area contributed by atoms with Crippen molar-refractivity contribution >= 4 is 0 Å². The summed E-state index contributed by atoms with van der Waals surface area (Å²) in [7, 11) is 0. The molecule has 4 nitrogen and oxygen atoms in total. The van der Waals surface area contributed by atoms with Gasteiger partial charge in [0.25, 0.3) is 0 Å². The van der Waals surface area contributed by atoms with Gasteiger partial charge in [-0.25, -0.2) is 0 Å². The zero-order chi connectivity index (χ0) is 24.9. The Morgan fingerprint density at radius 1 is 0.853 bits per heavy atom. The highest BCUT2D eigenvalue weighted by atomic mass is 16.3. The molecule has 0 spiro atoms. The van der Waals surface area contributed by atoms with Crippen molar-refractivity contribution in [3.8, 4) is 0 Å². The summed E-state index contributed by atoms with van der Waals surface area (Å²) < 4.78 is 0. The van der Waals surface area contributed by atoms with E-state index in [1.165, 1.54) is 11.1 Å². The van der Waals surface area contributed by atoms with Crippen molar-refractivity contribution in [1.82, 2.24) is 0 Å². The first kappa shape index (κ1) is 25.0. The van der Waals surface area contributed by atoms with Gasteiger partial charge < -0.3 is 20.4 Å². The van der Waals surface area contributed by atoms with Crippen LogP contribution in [0.5, 0.6) is 0 Å². The molecule has 4 N–H and O–H groups in total. The summed E-state index contributed by atoms with van der Waals surface area (Å²) in [5.41, 5.74) is 1.75. The third-order valence-corrected chi connectivity index (χ3v) is 12.7. The summed E-state index contributed by atoms with van der Waals surface area (Å²) in [6.45, 7) is 14.1. The van der Waals surface area contributed by atoms with Crippen LogP contribution in [0, 0.1) is 44.3 Å². The Labute approximate surface area is 206 Å². The van der Waals surface area contributed by atoms with E-state index in [1.54, 1.807) is 0 Å². The number of hydrogen-bond acceptors (Lipinski definition) is 4. The third kappa shape index (κ3) is 2.86. The van der Waals surface area contributed by atoms with Crippen molar-refractivity contribution in [2.75, 3.05) is 13.2 Å². The van der Waals surface area contributed by atoms with Crippen LogP contribution < -0.4 is 0 Å². The van der Waals surface area contributed by atoms with Crippen LogP contribution in [-0.2, 0) is 0 Å². The molecule has 0 amide bonds. The van der Waals surface area contributed by atoms with Gasteiger partial charge in [0, 0.05) is 16.2 Å². The summed E-state index contributed by atoms with van der Waals surface area (Å²) in [5, 5.41) is 43.6. The molecule has 34 heavy (non-hydrogen) atoms. The Bertz CT molecular complexity index is 921. The minimum absolute atomic E-state index is 0.00171. The van der Waals surface area contributed by atoms with Crippen LogP contribution in [0.4, 0.5) is 0 Å². The molecule has 3 unspecified atom stereocenters. The van der Waals surface area contributed by atoms with Crippen molar-refractivity contribution < 1.29 is 20.4 Å². The SMILES string of the molecule is CC1(C)CCC2(CO)C(=C3C=CC4[C@@]5(C)CC[C@H](O)[C@@](C)(CO)C5CC[C@@]4(C)[C@]3(C)C[C@H]2O)C1. The van der Waals surface area contributed by atoms with E-state index in [9.17, 15) is 20.4 Å². The van der Waals surface area contributed by atoms with E-state index < -0.39 is 23.0 Å². The predicted molar refractivity (Wildman–Crippen MR) is 135 cm³/mol. The molecule has 0 saturated heterocycles. The number of aliphatic hydroxyl groups excluding tert-OH is 4. The van der Waals surface area contributed by atoms with Crippen LogP contribution in [0.2, 0.25) is 0 Å². The first-order chi connectivity index (χ1) is 15.7. The second-order valence-electron chi connectivity index (χ2n) is 14.7. The van der Waals surface area contributed by atoms with Gasteiger partial charge in [0.15, 0.2) is 0 Å². The number of rotatable bonds is 2. The van der Waals surface area contributed by atoms with Crippen LogP contribution in [0.25, 0.3) is 0 Å². The topological polar surface area (TPSA) is 80.9 Å². The van der Waals surface area contributed by atoms with Crippen molar-refractivity contribution in [2.45, 2.75) is 105 Å². The smallest absolute Gasteiger partial charge is 0.0664 e. The summed E-state index contributed by atoms with van der Waals surface area (Å²) in [4.78, 5) is 0. The fourth-order valence-corrected chi connectivity index (χ4v) is 10.1. The van der Waals surface area contributed by atoms with Crippen molar-refractivity contribution in [1.29, 1.82) is 0 Å². The first-order valence-corrected chi connectivity index (χ1v) is 13.7. The Morgan fingerprint density at radius 2 is 1.56 bits per heavy atom. The van der Waals surface area contributed by atoms with E-state index in [-0.39, 0.29) is 40.8 Å². The van der Waals surface area contributed by atoms with Crippen LogP contribution in [0.15, 0.2) is 23.3 Å². The van der Waals surface area contributed by atoms with Crippen LogP contribution in [0.1, 0.15) is 92.9 Å². The molecule has 3 fully saturated rings. The largest absolute Gasteiger partial charge is 0.396 e. The molecule has 0 heterocycles. The molecule has 192 valence electrons. The average Bonchev–Trinajstić information content (AvgIpc) is 2.77. The molecule has 5 aliphatic rings. The molecular formula is C30H48O4. The van der Waals surface area contributed by atoms with E-state index in [0.717, 1.165) is 44.9 Å². The van der Waals surface area contributed by atoms with Crippen molar-refractivity contribution in [2.24, 2.45) is 44.3 Å². The molecule has 5 aliphatic carbocycles. The van der Waals surface area contributed by atoms with Gasteiger partial charge in [-0.2, -0.15) is 0 Å². The Kier molecular flexibility index (Phi) is 5.46. The summed E-state index contributed by atoms with van der Waals surface area (Å²) in [6.07, 6.45) is 11.1. The number of fused-ring (bicyclic) bond motifs is 6. The number of allylic oxidation sites excluding steroid dienone is 3. The quantitative estimate of drug-likeness (QED) is 0.456. The van der Waals surface area contributed by atoms with Crippen LogP contribution >= 0.6 is 0 Å². The van der Waals surface area contributed by atoms with Gasteiger partial charge in [0.2, 0.25) is 0 Å². The van der Waals surface area contributed by atoms with E-state index in [1.807, 2.05) is 0 Å². The lowest BCUT2D eigenvalue weighted by molar-refractivity contribution is -0.203. The minimum atomic E-state index is -0.525. The fourth-order valence-electron chi connectivity index (χ4n) is 10.1. The van der Waals surface area contributed by atoms with E-state index in [4.69, 9.17) is 0 Å². The van der Waals surface area contributed by atoms with Crippen molar-refractivity contribution in [3.63, 3.8) is 0 Å². The number of aliphatic hydroxyl groups is 4. The maximum Gasteiger partial charge on any atom is 0.0664 e. The molecule has 3 saturated carbocycles. The summed E-state index contributed by atoms with van der Waals surface area (Å²) >= 11 is 0. The molecule has 5 rings (SSSR count). The van der Waals surface area contributed by atoms with Gasteiger partial charge >= 0.3 is 0 Å². The number of hydrogen-bond donors (Lipinski definition) is 4. The van der Waals surface area contributed by atoms with E-state index >= 15 is 0 Å². The molecular weight excluding hydrogens is 424 g/mol. The standard InChI is InChI=1S/C30H48O4/c1-25(2)13-14-30(18-32)20(15-25)19-7-8-22-26(3)11-10-23(33)27(4,17-31)21(26)9-12-28(22,5)29(19,6)16-24(30)34/h7-8,21-24,31-34H,9-18H2,1-6H3/t21?,22?,23-,24+,26-,27-,28+,29+,30?/m0/s1. The van der Waals surface area contributed by atoms with Gasteiger partial charge in [0.1, 0.15) is 0 Å². The highest BCUT2D eigenvalue weighted by Gasteiger charge is 2.68. The Hall–Kier alpha value is -0.680. The minimum Gasteiger partial charge on any atom is -0.396 e. The average molecular weight is 473 g/mol. The highest BCUT2D eigenvalue weighted by Crippen LogP contribution is 2.74. The lowest BCUT2D eigenvalue weighted by atomic mass is 9.35. The monoisotopic (exact) mass is 472 g/mol. The molecule has 9 atom stereocenters. The predicted octanol–water partition coefficient (Wildman–Crippen LogP) is 5.00. The molecule has 0 aromatic heterocycles. The van der Waals surface area contributed by atoms with Crippen LogP contribution in [-0.4, -0.2) is 45.8 Å². The van der Waals surface area contributed by atoms with Gasteiger partial charge in [0.05, 0.1) is 25.4 Å². The third-order valence-electron chi connectivity index (χ3n) is 12.7. The highest BCUT2D eigenvalue weighted by molar-refractivity contribution is 5.47. The maximum absolute atomic E-state index is 11.7. The Balaban J connectivity index is 1.68. The molecule has 0 aromatic rings. The van der Waals surface area contributed by atoms with Gasteiger partial charge in [-0.3, -0.25) is 0 Å². The summed E-state index contributed by atoms with van der Waals surface area (Å²) in [6, 6.07) is 0. The maximum atomic E-state index is 11.7. The summed E-state index contributed by atoms with van der Waals surface area (Å²) in [5.74, 6) is 0.602. The van der Waals surface area contributed by atoms with Crippen LogP contribution in [0.3, 0.4) is 0 Å². The fraction of sp³-hybridized carbons (Fsp3) is 0.867. The lowest BCUT2D eigenvalue weighted by Gasteiger charge is -2.70.